The fourth-order valence-corrected chi connectivity index (χ4v) is 6.16. The molecule has 0 amide bonds. The zero-order chi connectivity index (χ0) is 25.9. The highest BCUT2D eigenvalue weighted by molar-refractivity contribution is 6.28. The van der Waals surface area contributed by atoms with Gasteiger partial charge in [0.05, 0.1) is 22.2 Å². The second-order valence-corrected chi connectivity index (χ2v) is 10.1. The van der Waals surface area contributed by atoms with Crippen LogP contribution in [0.2, 0.25) is 5.28 Å². The molecule has 0 fully saturated rings. The van der Waals surface area contributed by atoms with Crippen LogP contribution in [0.15, 0.2) is 103 Å². The van der Waals surface area contributed by atoms with Gasteiger partial charge in [0.15, 0.2) is 5.82 Å². The van der Waals surface area contributed by atoms with Crippen molar-refractivity contribution in [2.45, 2.75) is 12.8 Å². The summed E-state index contributed by atoms with van der Waals surface area (Å²) in [6, 6.07) is 33.6. The smallest absolute Gasteiger partial charge is 0.239 e. The van der Waals surface area contributed by atoms with Gasteiger partial charge in [0, 0.05) is 33.0 Å². The van der Waals surface area contributed by atoms with Gasteiger partial charge in [0.2, 0.25) is 11.2 Å². The van der Waals surface area contributed by atoms with Gasteiger partial charge in [-0.2, -0.15) is 15.0 Å². The summed E-state index contributed by atoms with van der Waals surface area (Å²) in [5.74, 6) is 1.08. The Morgan fingerprint density at radius 2 is 1.23 bits per heavy atom. The highest BCUT2D eigenvalue weighted by Crippen LogP contribution is 2.37. The molecule has 1 aliphatic carbocycles. The maximum atomic E-state index is 6.62. The molecule has 0 aliphatic heterocycles. The molecule has 3 aromatic heterocycles. The molecule has 4 aromatic carbocycles. The minimum absolute atomic E-state index is 0.171. The molecule has 8 rings (SSSR count). The lowest BCUT2D eigenvalue weighted by molar-refractivity contribution is 0.836. The third kappa shape index (κ3) is 3.37. The number of para-hydroxylation sites is 4. The van der Waals surface area contributed by atoms with E-state index in [1.165, 1.54) is 27.4 Å². The van der Waals surface area contributed by atoms with Crippen molar-refractivity contribution < 1.29 is 0 Å². The molecule has 0 N–H and O–H groups in total. The van der Waals surface area contributed by atoms with Crippen LogP contribution < -0.4 is 0 Å². The van der Waals surface area contributed by atoms with E-state index in [-0.39, 0.29) is 5.28 Å². The highest BCUT2D eigenvalue weighted by Gasteiger charge is 2.22. The van der Waals surface area contributed by atoms with Crippen molar-refractivity contribution in [1.29, 1.82) is 0 Å². The van der Waals surface area contributed by atoms with E-state index < -0.39 is 0 Å². The Bertz CT molecular complexity index is 2050. The van der Waals surface area contributed by atoms with Gasteiger partial charge in [-0.3, -0.25) is 4.57 Å². The maximum Gasteiger partial charge on any atom is 0.239 e. The number of hydrogen-bond donors (Lipinski definition) is 0. The average Bonchev–Trinajstić information content (AvgIpc) is 3.50. The van der Waals surface area contributed by atoms with Gasteiger partial charge in [0.1, 0.15) is 0 Å². The molecule has 6 heteroatoms. The van der Waals surface area contributed by atoms with Crippen LogP contribution in [0.25, 0.3) is 61.8 Å². The summed E-state index contributed by atoms with van der Waals surface area (Å²) in [5, 5.41) is 3.77. The first-order valence-corrected chi connectivity index (χ1v) is 13.4. The number of halogens is 1. The van der Waals surface area contributed by atoms with Crippen molar-refractivity contribution in [3.8, 4) is 23.0 Å². The fourth-order valence-electron chi connectivity index (χ4n) is 6.00. The van der Waals surface area contributed by atoms with E-state index in [0.717, 1.165) is 40.6 Å². The number of aromatic nitrogens is 5. The first-order valence-electron chi connectivity index (χ1n) is 13.1. The SMILES string of the molecule is Clc1nc(-c2ccccc2-n2c3ccccc3c3ccccc32)nc(-n2c3c(c4ccccc42)C=CCC3)n1. The van der Waals surface area contributed by atoms with E-state index in [4.69, 9.17) is 16.6 Å². The summed E-state index contributed by atoms with van der Waals surface area (Å²) < 4.78 is 4.43. The lowest BCUT2D eigenvalue weighted by atomic mass is 10.0. The molecule has 0 spiro atoms. The largest absolute Gasteiger partial charge is 0.309 e. The molecule has 186 valence electrons. The van der Waals surface area contributed by atoms with Crippen LogP contribution in [0, 0.1) is 0 Å². The van der Waals surface area contributed by atoms with Crippen LogP contribution in [0.3, 0.4) is 0 Å². The van der Waals surface area contributed by atoms with E-state index in [9.17, 15) is 0 Å². The average molecular weight is 524 g/mol. The minimum Gasteiger partial charge on any atom is -0.309 e. The van der Waals surface area contributed by atoms with Crippen LogP contribution in [-0.4, -0.2) is 24.1 Å². The van der Waals surface area contributed by atoms with Gasteiger partial charge in [-0.25, -0.2) is 0 Å². The molecule has 0 atom stereocenters. The molecule has 0 bridgehead atoms. The van der Waals surface area contributed by atoms with Crippen LogP contribution in [0.5, 0.6) is 0 Å². The maximum absolute atomic E-state index is 6.62. The van der Waals surface area contributed by atoms with E-state index >= 15 is 0 Å². The van der Waals surface area contributed by atoms with E-state index in [1.807, 2.05) is 12.1 Å². The molecule has 0 radical (unpaired) electrons. The second-order valence-electron chi connectivity index (χ2n) is 9.77. The monoisotopic (exact) mass is 523 g/mol. The lowest BCUT2D eigenvalue weighted by Crippen LogP contribution is -2.09. The first-order chi connectivity index (χ1) is 19.3. The van der Waals surface area contributed by atoms with Gasteiger partial charge in [-0.1, -0.05) is 78.9 Å². The molecule has 0 saturated heterocycles. The third-order valence-electron chi connectivity index (χ3n) is 7.61. The number of fused-ring (bicyclic) bond motifs is 6. The Labute approximate surface area is 229 Å². The van der Waals surface area contributed by atoms with Gasteiger partial charge in [-0.15, -0.1) is 0 Å². The van der Waals surface area contributed by atoms with E-state index in [0.29, 0.717) is 11.8 Å². The van der Waals surface area contributed by atoms with Crippen molar-refractivity contribution >= 4 is 50.4 Å². The normalized spacial score (nSPS) is 12.9. The summed E-state index contributed by atoms with van der Waals surface area (Å²) >= 11 is 6.62. The number of hydrogen-bond acceptors (Lipinski definition) is 3. The Kier molecular flexibility index (Phi) is 4.94. The van der Waals surface area contributed by atoms with Crippen molar-refractivity contribution in [1.82, 2.24) is 24.1 Å². The number of nitrogens with zero attached hydrogens (tertiary/aromatic N) is 5. The molecule has 1 aliphatic rings. The van der Waals surface area contributed by atoms with E-state index in [1.54, 1.807) is 0 Å². The zero-order valence-electron chi connectivity index (χ0n) is 20.9. The minimum atomic E-state index is 0.171. The summed E-state index contributed by atoms with van der Waals surface area (Å²) in [4.78, 5) is 14.3. The van der Waals surface area contributed by atoms with Crippen molar-refractivity contribution in [2.24, 2.45) is 0 Å². The van der Waals surface area contributed by atoms with Gasteiger partial charge < -0.3 is 4.57 Å². The van der Waals surface area contributed by atoms with E-state index in [2.05, 4.69) is 116 Å². The lowest BCUT2D eigenvalue weighted by Gasteiger charge is -2.15. The predicted octanol–water partition coefficient (Wildman–Crippen LogP) is 8.19. The van der Waals surface area contributed by atoms with Gasteiger partial charge in [0.25, 0.3) is 0 Å². The number of rotatable bonds is 3. The second kappa shape index (κ2) is 8.65. The first kappa shape index (κ1) is 22.3. The number of allylic oxidation sites excluding steroid dienone is 1. The molecule has 3 heterocycles. The summed E-state index contributed by atoms with van der Waals surface area (Å²) in [5.41, 5.74) is 7.62. The summed E-state index contributed by atoms with van der Waals surface area (Å²) in [6.07, 6.45) is 6.33. The fraction of sp³-hybridized carbons (Fsp3) is 0.0606. The highest BCUT2D eigenvalue weighted by atomic mass is 35.5. The molecule has 5 nitrogen and oxygen atoms in total. The molecular weight excluding hydrogens is 502 g/mol. The van der Waals surface area contributed by atoms with Crippen molar-refractivity contribution in [3.63, 3.8) is 0 Å². The third-order valence-corrected chi connectivity index (χ3v) is 7.78. The van der Waals surface area contributed by atoms with Crippen LogP contribution in [-0.2, 0) is 6.42 Å². The molecule has 7 aromatic rings. The van der Waals surface area contributed by atoms with Gasteiger partial charge >= 0.3 is 0 Å². The molecule has 0 saturated carbocycles. The topological polar surface area (TPSA) is 48.5 Å². The Balaban J connectivity index is 1.39. The Hall–Kier alpha value is -4.74. The predicted molar refractivity (Wildman–Crippen MR) is 159 cm³/mol. The summed E-state index contributed by atoms with van der Waals surface area (Å²) in [6.45, 7) is 0. The van der Waals surface area contributed by atoms with Crippen LogP contribution in [0.4, 0.5) is 0 Å². The molecule has 0 unspecified atom stereocenters. The molecule has 39 heavy (non-hydrogen) atoms. The Morgan fingerprint density at radius 1 is 0.615 bits per heavy atom. The Morgan fingerprint density at radius 3 is 1.97 bits per heavy atom. The standard InChI is InChI=1S/C33H22ClN5/c34-32-35-31(36-33(37-32)39-28-18-8-3-13-23(28)24-14-4-9-19-29(24)39)25-15-5-10-20-30(25)38-26-16-6-1-11-21(26)22-12-2-7-17-27(22)38/h1-8,10-18,20H,9,19H2. The quantitative estimate of drug-likeness (QED) is 0.234. The summed E-state index contributed by atoms with van der Waals surface area (Å²) in [7, 11) is 0. The number of benzene rings is 4. The molecular formula is C33H22ClN5. The zero-order valence-corrected chi connectivity index (χ0v) is 21.7. The van der Waals surface area contributed by atoms with Crippen LogP contribution in [0.1, 0.15) is 17.7 Å². The van der Waals surface area contributed by atoms with Crippen molar-refractivity contribution in [2.75, 3.05) is 0 Å². The van der Waals surface area contributed by atoms with Crippen LogP contribution >= 0.6 is 11.6 Å². The van der Waals surface area contributed by atoms with Crippen molar-refractivity contribution in [3.05, 3.63) is 120 Å². The van der Waals surface area contributed by atoms with Gasteiger partial charge in [-0.05, 0) is 54.8 Å².